The predicted molar refractivity (Wildman–Crippen MR) is 57.9 cm³/mol. The van der Waals surface area contributed by atoms with Crippen molar-refractivity contribution in [3.05, 3.63) is 11.4 Å². The molecular formula is C10H16N4O. The highest BCUT2D eigenvalue weighted by molar-refractivity contribution is 6.01. The molecule has 0 aromatic rings. The van der Waals surface area contributed by atoms with Gasteiger partial charge in [-0.05, 0) is 20.3 Å². The number of nitrogens with one attached hydrogen (secondary N) is 1. The summed E-state index contributed by atoms with van der Waals surface area (Å²) >= 11 is 0. The molecule has 0 saturated heterocycles. The molecule has 1 atom stereocenters. The minimum atomic E-state index is -0.427. The molecule has 0 bridgehead atoms. The lowest BCUT2D eigenvalue weighted by Crippen LogP contribution is -2.49. The van der Waals surface area contributed by atoms with E-state index in [1.165, 1.54) is 0 Å². The highest BCUT2D eigenvalue weighted by atomic mass is 16.2. The van der Waals surface area contributed by atoms with Crippen LogP contribution in [0.4, 0.5) is 0 Å². The number of hydrogen-bond acceptors (Lipinski definition) is 4. The highest BCUT2D eigenvalue weighted by Gasteiger charge is 2.29. The van der Waals surface area contributed by atoms with E-state index in [4.69, 9.17) is 5.73 Å². The average Bonchev–Trinajstić information content (AvgIpc) is 2.17. The summed E-state index contributed by atoms with van der Waals surface area (Å²) in [5.41, 5.74) is 7.79. The molecule has 82 valence electrons. The van der Waals surface area contributed by atoms with E-state index in [0.29, 0.717) is 13.0 Å². The molecule has 0 aliphatic carbocycles. The number of hydrogen-bond donors (Lipinski definition) is 2. The summed E-state index contributed by atoms with van der Waals surface area (Å²) in [4.78, 5) is 17.7. The monoisotopic (exact) mass is 208 g/mol. The largest absolute Gasteiger partial charge is 0.337 e. The van der Waals surface area contributed by atoms with Gasteiger partial charge in [-0.3, -0.25) is 20.4 Å². The highest BCUT2D eigenvalue weighted by Crippen LogP contribution is 2.25. The van der Waals surface area contributed by atoms with Gasteiger partial charge < -0.3 is 5.32 Å². The van der Waals surface area contributed by atoms with Crippen LogP contribution >= 0.6 is 0 Å². The summed E-state index contributed by atoms with van der Waals surface area (Å²) in [5.74, 6) is 1.01. The smallest absolute Gasteiger partial charge is 0.228 e. The van der Waals surface area contributed by atoms with E-state index in [1.807, 2.05) is 13.8 Å². The van der Waals surface area contributed by atoms with Crippen molar-refractivity contribution in [2.45, 2.75) is 33.0 Å². The summed E-state index contributed by atoms with van der Waals surface area (Å²) in [6.07, 6.45) is 0.902. The van der Waals surface area contributed by atoms with Crippen molar-refractivity contribution in [1.29, 1.82) is 0 Å². The topological polar surface area (TPSA) is 70.7 Å². The van der Waals surface area contributed by atoms with Crippen LogP contribution in [0.25, 0.3) is 0 Å². The zero-order valence-corrected chi connectivity index (χ0v) is 9.08. The second-order valence-electron chi connectivity index (χ2n) is 3.77. The molecule has 2 rings (SSSR count). The van der Waals surface area contributed by atoms with Gasteiger partial charge in [0.1, 0.15) is 5.82 Å². The molecule has 15 heavy (non-hydrogen) atoms. The van der Waals surface area contributed by atoms with Crippen molar-refractivity contribution >= 4 is 11.6 Å². The number of aliphatic imine (C=N–C) groups is 1. The maximum atomic E-state index is 11.7. The number of nitrogens with two attached hydrogens (primary N) is 1. The lowest BCUT2D eigenvalue weighted by Gasteiger charge is -2.35. The Labute approximate surface area is 89.0 Å². The molecular weight excluding hydrogens is 192 g/mol. The normalized spacial score (nSPS) is 26.1. The second-order valence-corrected chi connectivity index (χ2v) is 3.77. The van der Waals surface area contributed by atoms with Gasteiger partial charge in [0.15, 0.2) is 6.29 Å². The molecule has 2 aliphatic heterocycles. The first-order chi connectivity index (χ1) is 7.13. The standard InChI is InChI=1S/C10H16N4O/c1-3-14-8(15)5-4-7-6(2)12-10(11)13-9(7)14/h10,13H,3-5,11H2,1-2H3. The Kier molecular flexibility index (Phi) is 2.48. The van der Waals surface area contributed by atoms with Crippen LogP contribution < -0.4 is 11.1 Å². The van der Waals surface area contributed by atoms with Gasteiger partial charge in [-0.2, -0.15) is 0 Å². The van der Waals surface area contributed by atoms with Gasteiger partial charge in [-0.25, -0.2) is 0 Å². The molecule has 2 heterocycles. The van der Waals surface area contributed by atoms with Gasteiger partial charge >= 0.3 is 0 Å². The maximum Gasteiger partial charge on any atom is 0.228 e. The Morgan fingerprint density at radius 1 is 1.60 bits per heavy atom. The van der Waals surface area contributed by atoms with Gasteiger partial charge in [0, 0.05) is 24.3 Å². The van der Waals surface area contributed by atoms with Crippen molar-refractivity contribution in [3.63, 3.8) is 0 Å². The van der Waals surface area contributed by atoms with E-state index in [0.717, 1.165) is 23.5 Å². The fourth-order valence-corrected chi connectivity index (χ4v) is 2.08. The van der Waals surface area contributed by atoms with Crippen LogP contribution in [-0.4, -0.2) is 29.4 Å². The van der Waals surface area contributed by atoms with Gasteiger partial charge in [-0.1, -0.05) is 0 Å². The molecule has 1 amide bonds. The van der Waals surface area contributed by atoms with E-state index in [-0.39, 0.29) is 5.91 Å². The first-order valence-electron chi connectivity index (χ1n) is 5.24. The molecule has 0 aromatic carbocycles. The van der Waals surface area contributed by atoms with Crippen molar-refractivity contribution in [3.8, 4) is 0 Å². The molecule has 0 radical (unpaired) electrons. The molecule has 5 heteroatoms. The van der Waals surface area contributed by atoms with Crippen LogP contribution in [0, 0.1) is 0 Å². The average molecular weight is 208 g/mol. The third kappa shape index (κ3) is 1.63. The fourth-order valence-electron chi connectivity index (χ4n) is 2.08. The van der Waals surface area contributed by atoms with Crippen LogP contribution in [0.15, 0.2) is 16.4 Å². The Morgan fingerprint density at radius 2 is 2.33 bits per heavy atom. The van der Waals surface area contributed by atoms with Crippen LogP contribution in [0.1, 0.15) is 26.7 Å². The number of nitrogens with zero attached hydrogens (tertiary/aromatic N) is 2. The molecule has 0 saturated carbocycles. The van der Waals surface area contributed by atoms with Gasteiger partial charge in [0.05, 0.1) is 0 Å². The first kappa shape index (κ1) is 10.2. The van der Waals surface area contributed by atoms with Crippen molar-refractivity contribution in [2.75, 3.05) is 6.54 Å². The number of carbonyl (C=O) groups excluding carboxylic acids is 1. The quantitative estimate of drug-likeness (QED) is 0.644. The Hall–Kier alpha value is -1.36. The molecule has 0 spiro atoms. The van der Waals surface area contributed by atoms with Crippen molar-refractivity contribution < 1.29 is 4.79 Å². The Bertz CT molecular complexity index is 358. The van der Waals surface area contributed by atoms with Crippen molar-refractivity contribution in [2.24, 2.45) is 10.7 Å². The summed E-state index contributed by atoms with van der Waals surface area (Å²) < 4.78 is 0. The zero-order valence-electron chi connectivity index (χ0n) is 9.08. The third-order valence-corrected chi connectivity index (χ3v) is 2.82. The number of amides is 1. The van der Waals surface area contributed by atoms with Crippen LogP contribution in [0.3, 0.4) is 0 Å². The summed E-state index contributed by atoms with van der Waals surface area (Å²) in [6, 6.07) is 0. The van der Waals surface area contributed by atoms with Gasteiger partial charge in [0.25, 0.3) is 0 Å². The molecule has 1 unspecified atom stereocenters. The van der Waals surface area contributed by atoms with Crippen molar-refractivity contribution in [1.82, 2.24) is 10.2 Å². The SMILES string of the molecule is CCN1C(=O)CCC2=C1NC(N)N=C2C. The maximum absolute atomic E-state index is 11.7. The second kappa shape index (κ2) is 3.66. The molecule has 2 aliphatic rings. The summed E-state index contributed by atoms with van der Waals surface area (Å²) in [7, 11) is 0. The minimum absolute atomic E-state index is 0.158. The number of rotatable bonds is 1. The summed E-state index contributed by atoms with van der Waals surface area (Å²) in [6.45, 7) is 4.58. The lowest BCUT2D eigenvalue weighted by molar-refractivity contribution is -0.130. The number of allylic oxidation sites excluding steroid dienone is 1. The Balaban J connectivity index is 2.39. The molecule has 5 nitrogen and oxygen atoms in total. The fraction of sp³-hybridized carbons (Fsp3) is 0.600. The number of carbonyl (C=O) groups is 1. The zero-order chi connectivity index (χ0) is 11.0. The van der Waals surface area contributed by atoms with Crippen LogP contribution in [-0.2, 0) is 4.79 Å². The first-order valence-corrected chi connectivity index (χ1v) is 5.24. The molecule has 3 N–H and O–H groups in total. The minimum Gasteiger partial charge on any atom is -0.337 e. The van der Waals surface area contributed by atoms with Crippen LogP contribution in [0.5, 0.6) is 0 Å². The molecule has 0 fully saturated rings. The van der Waals surface area contributed by atoms with E-state index in [1.54, 1.807) is 4.90 Å². The van der Waals surface area contributed by atoms with E-state index < -0.39 is 6.29 Å². The third-order valence-electron chi connectivity index (χ3n) is 2.82. The van der Waals surface area contributed by atoms with E-state index >= 15 is 0 Å². The Morgan fingerprint density at radius 3 is 3.00 bits per heavy atom. The van der Waals surface area contributed by atoms with Gasteiger partial charge in [-0.15, -0.1) is 0 Å². The van der Waals surface area contributed by atoms with Gasteiger partial charge in [0.2, 0.25) is 5.91 Å². The predicted octanol–water partition coefficient (Wildman–Crippen LogP) is 0.147. The summed E-state index contributed by atoms with van der Waals surface area (Å²) in [5, 5.41) is 3.06. The lowest BCUT2D eigenvalue weighted by atomic mass is 10.00. The molecule has 0 aromatic heterocycles. The van der Waals surface area contributed by atoms with E-state index in [9.17, 15) is 4.79 Å². The van der Waals surface area contributed by atoms with E-state index in [2.05, 4.69) is 10.3 Å². The van der Waals surface area contributed by atoms with Crippen LogP contribution in [0.2, 0.25) is 0 Å².